The molecule has 0 radical (unpaired) electrons. The Kier molecular flexibility index (Phi) is 6.41. The summed E-state index contributed by atoms with van der Waals surface area (Å²) in [5, 5.41) is 11.1. The third-order valence-corrected chi connectivity index (χ3v) is 5.33. The number of urea groups is 1. The number of benzene rings is 2. The average molecular weight is 416 g/mol. The molecule has 0 fully saturated rings. The second-order valence-corrected chi connectivity index (χ2v) is 7.59. The number of aromatic nitrogens is 3. The average Bonchev–Trinajstić information content (AvgIpc) is 3.27. The first kappa shape index (κ1) is 19.7. The van der Waals surface area contributed by atoms with Gasteiger partial charge in [-0.15, -0.1) is 11.8 Å². The highest BCUT2D eigenvalue weighted by atomic mass is 32.2. The fourth-order valence-corrected chi connectivity index (χ4v) is 3.66. The summed E-state index contributed by atoms with van der Waals surface area (Å²) in [6.45, 7) is 0.397. The van der Waals surface area contributed by atoms with Crippen molar-refractivity contribution in [2.24, 2.45) is 0 Å². The Morgan fingerprint density at radius 3 is 2.67 bits per heavy atom. The lowest BCUT2D eigenvalue weighted by molar-refractivity contribution is 0.251. The third kappa shape index (κ3) is 5.48. The van der Waals surface area contributed by atoms with Crippen molar-refractivity contribution in [2.45, 2.75) is 17.3 Å². The normalized spacial score (nSPS) is 10.5. The van der Waals surface area contributed by atoms with Crippen LogP contribution in [-0.4, -0.2) is 20.8 Å². The molecule has 6 nitrogen and oxygen atoms in total. The summed E-state index contributed by atoms with van der Waals surface area (Å²) in [4.78, 5) is 16.6. The molecule has 4 aromatic rings. The minimum absolute atomic E-state index is 0.253. The molecule has 0 atom stereocenters. The number of amides is 2. The maximum Gasteiger partial charge on any atom is 0.319 e. The molecular formula is C23H21N5OS. The lowest BCUT2D eigenvalue weighted by Gasteiger charge is -2.08. The van der Waals surface area contributed by atoms with Gasteiger partial charge in [0.05, 0.1) is 16.9 Å². The minimum atomic E-state index is -0.253. The van der Waals surface area contributed by atoms with Gasteiger partial charge >= 0.3 is 6.03 Å². The highest BCUT2D eigenvalue weighted by molar-refractivity contribution is 7.98. The highest BCUT2D eigenvalue weighted by Crippen LogP contribution is 2.22. The van der Waals surface area contributed by atoms with E-state index in [0.29, 0.717) is 6.54 Å². The maximum atomic E-state index is 12.3. The predicted octanol–water partition coefficient (Wildman–Crippen LogP) is 4.88. The van der Waals surface area contributed by atoms with Crippen LogP contribution in [0.15, 0.2) is 96.4 Å². The van der Waals surface area contributed by atoms with Gasteiger partial charge < -0.3 is 10.6 Å². The van der Waals surface area contributed by atoms with Crippen molar-refractivity contribution < 1.29 is 4.79 Å². The Bertz CT molecular complexity index is 1100. The summed E-state index contributed by atoms with van der Waals surface area (Å²) in [7, 11) is 0. The van der Waals surface area contributed by atoms with Crippen molar-refractivity contribution in [3.63, 3.8) is 0 Å². The molecular weight excluding hydrogens is 394 g/mol. The minimum Gasteiger partial charge on any atom is -0.334 e. The quantitative estimate of drug-likeness (QED) is 0.422. The number of hydrogen-bond acceptors (Lipinski definition) is 4. The molecule has 2 aromatic carbocycles. The third-order valence-electron chi connectivity index (χ3n) is 4.32. The predicted molar refractivity (Wildman–Crippen MR) is 120 cm³/mol. The van der Waals surface area contributed by atoms with Crippen LogP contribution < -0.4 is 10.6 Å². The summed E-state index contributed by atoms with van der Waals surface area (Å²) in [5.74, 6) is 0.785. The number of nitrogens with zero attached hydrogens (tertiary/aromatic N) is 3. The van der Waals surface area contributed by atoms with Crippen LogP contribution in [0.4, 0.5) is 10.5 Å². The van der Waals surface area contributed by atoms with Crippen molar-refractivity contribution in [1.82, 2.24) is 20.1 Å². The molecule has 0 unspecified atom stereocenters. The van der Waals surface area contributed by atoms with Gasteiger partial charge in [-0.3, -0.25) is 0 Å². The monoisotopic (exact) mass is 415 g/mol. The number of pyridine rings is 1. The van der Waals surface area contributed by atoms with Crippen molar-refractivity contribution in [3.8, 4) is 5.69 Å². The Balaban J connectivity index is 1.28. The fraction of sp³-hybridized carbons (Fsp3) is 0.0870. The molecule has 0 aliphatic carbocycles. The van der Waals surface area contributed by atoms with Gasteiger partial charge in [0.2, 0.25) is 0 Å². The number of para-hydroxylation sites is 1. The topological polar surface area (TPSA) is 71.8 Å². The first-order chi connectivity index (χ1) is 14.8. The number of nitrogens with one attached hydrogen (secondary N) is 2. The van der Waals surface area contributed by atoms with Gasteiger partial charge in [-0.05, 0) is 42.0 Å². The second kappa shape index (κ2) is 9.76. The summed E-state index contributed by atoms with van der Waals surface area (Å²) >= 11 is 1.66. The Morgan fingerprint density at radius 1 is 0.967 bits per heavy atom. The summed E-state index contributed by atoms with van der Waals surface area (Å²) in [6, 6.07) is 23.3. The molecule has 30 heavy (non-hydrogen) atoms. The number of anilines is 1. The zero-order valence-corrected chi connectivity index (χ0v) is 17.0. The van der Waals surface area contributed by atoms with Crippen LogP contribution in [0.2, 0.25) is 0 Å². The molecule has 0 saturated carbocycles. The molecule has 2 heterocycles. The smallest absolute Gasteiger partial charge is 0.319 e. The van der Waals surface area contributed by atoms with Crippen LogP contribution >= 0.6 is 11.8 Å². The summed E-state index contributed by atoms with van der Waals surface area (Å²) < 4.78 is 1.79. The number of thioether (sulfide) groups is 1. The molecule has 0 bridgehead atoms. The standard InChI is InChI=1S/C23H21N5OS/c29-23(25-14-19-15-26-28(16-19)21-9-2-1-3-10-21)27-20-8-6-7-18(13-20)17-30-22-11-4-5-12-24-22/h1-13,15-16H,14,17H2,(H2,25,27,29). The molecule has 4 rings (SSSR count). The lowest BCUT2D eigenvalue weighted by Crippen LogP contribution is -2.28. The number of rotatable bonds is 7. The van der Waals surface area contributed by atoms with Crippen LogP contribution in [0.3, 0.4) is 0 Å². The summed E-state index contributed by atoms with van der Waals surface area (Å²) in [6.07, 6.45) is 5.45. The molecule has 0 saturated heterocycles. The van der Waals surface area contributed by atoms with Gasteiger partial charge in [-0.2, -0.15) is 5.10 Å². The summed E-state index contributed by atoms with van der Waals surface area (Å²) in [5.41, 5.74) is 3.78. The maximum absolute atomic E-state index is 12.3. The number of carbonyl (C=O) groups excluding carboxylic acids is 1. The van der Waals surface area contributed by atoms with E-state index in [1.165, 1.54) is 0 Å². The van der Waals surface area contributed by atoms with Gasteiger partial charge in [0.25, 0.3) is 0 Å². The van der Waals surface area contributed by atoms with Crippen LogP contribution in [0.5, 0.6) is 0 Å². The van der Waals surface area contributed by atoms with Crippen molar-refractivity contribution in [1.29, 1.82) is 0 Å². The van der Waals surface area contributed by atoms with Gasteiger partial charge in [0.15, 0.2) is 0 Å². The molecule has 0 aliphatic heterocycles. The Morgan fingerprint density at radius 2 is 1.83 bits per heavy atom. The van der Waals surface area contributed by atoms with E-state index in [0.717, 1.165) is 33.3 Å². The zero-order valence-electron chi connectivity index (χ0n) is 16.2. The van der Waals surface area contributed by atoms with Gasteiger partial charge in [-0.25, -0.2) is 14.5 Å². The molecule has 2 N–H and O–H groups in total. The fourth-order valence-electron chi connectivity index (χ4n) is 2.86. The Labute approximate surface area is 179 Å². The van der Waals surface area contributed by atoms with Crippen LogP contribution in [0.25, 0.3) is 5.69 Å². The van der Waals surface area contributed by atoms with Crippen molar-refractivity contribution in [2.75, 3.05) is 5.32 Å². The molecule has 0 aliphatic rings. The largest absolute Gasteiger partial charge is 0.334 e. The van der Waals surface area contributed by atoms with Crippen molar-refractivity contribution in [3.05, 3.63) is 103 Å². The van der Waals surface area contributed by atoms with Crippen LogP contribution in [-0.2, 0) is 12.3 Å². The second-order valence-electron chi connectivity index (χ2n) is 6.59. The van der Waals surface area contributed by atoms with Crippen LogP contribution in [0, 0.1) is 0 Å². The van der Waals surface area contributed by atoms with E-state index in [9.17, 15) is 4.79 Å². The molecule has 2 amide bonds. The first-order valence-corrected chi connectivity index (χ1v) is 10.5. The van der Waals surface area contributed by atoms with E-state index >= 15 is 0 Å². The van der Waals surface area contributed by atoms with E-state index in [2.05, 4.69) is 20.7 Å². The van der Waals surface area contributed by atoms with Gasteiger partial charge in [0, 0.05) is 35.9 Å². The van der Waals surface area contributed by atoms with Crippen molar-refractivity contribution >= 4 is 23.5 Å². The molecule has 2 aromatic heterocycles. The van der Waals surface area contributed by atoms with Gasteiger partial charge in [0.1, 0.15) is 0 Å². The van der Waals surface area contributed by atoms with E-state index < -0.39 is 0 Å². The highest BCUT2D eigenvalue weighted by Gasteiger charge is 2.05. The Hall–Kier alpha value is -3.58. The SMILES string of the molecule is O=C(NCc1cnn(-c2ccccc2)c1)Nc1cccc(CSc2ccccn2)c1. The van der Waals surface area contributed by atoms with E-state index in [-0.39, 0.29) is 6.03 Å². The number of hydrogen-bond donors (Lipinski definition) is 2. The number of carbonyl (C=O) groups is 1. The van der Waals surface area contributed by atoms with E-state index in [4.69, 9.17) is 0 Å². The first-order valence-electron chi connectivity index (χ1n) is 9.53. The van der Waals surface area contributed by atoms with Crippen LogP contribution in [0.1, 0.15) is 11.1 Å². The zero-order chi connectivity index (χ0) is 20.6. The van der Waals surface area contributed by atoms with Gasteiger partial charge in [-0.1, -0.05) is 36.4 Å². The molecule has 150 valence electrons. The lowest BCUT2D eigenvalue weighted by atomic mass is 10.2. The van der Waals surface area contributed by atoms with E-state index in [1.807, 2.05) is 79.0 Å². The molecule has 0 spiro atoms. The van der Waals surface area contributed by atoms with E-state index in [1.54, 1.807) is 28.8 Å². The molecule has 7 heteroatoms.